The van der Waals surface area contributed by atoms with Crippen LogP contribution in [0.1, 0.15) is 12.5 Å². The van der Waals surface area contributed by atoms with Gasteiger partial charge in [0.1, 0.15) is 5.75 Å². The van der Waals surface area contributed by atoms with Crippen molar-refractivity contribution in [2.75, 3.05) is 39.9 Å². The molecule has 0 bridgehead atoms. The number of nitrogens with one attached hydrogen (secondary N) is 1. The molecule has 19 heavy (non-hydrogen) atoms. The van der Waals surface area contributed by atoms with Gasteiger partial charge in [-0.05, 0) is 20.0 Å². The molecule has 1 aliphatic heterocycles. The van der Waals surface area contributed by atoms with Crippen molar-refractivity contribution in [3.63, 3.8) is 0 Å². The van der Waals surface area contributed by atoms with Crippen molar-refractivity contribution in [3.8, 4) is 5.75 Å². The first-order valence-corrected chi connectivity index (χ1v) is 7.02. The first kappa shape index (κ1) is 14.3. The van der Waals surface area contributed by atoms with E-state index in [1.807, 2.05) is 26.1 Å². The van der Waals surface area contributed by atoms with E-state index in [1.54, 1.807) is 0 Å². The highest BCUT2D eigenvalue weighted by molar-refractivity contribution is 5.33. The van der Waals surface area contributed by atoms with Crippen molar-refractivity contribution in [2.45, 2.75) is 19.6 Å². The molecule has 1 aromatic carbocycles. The summed E-state index contributed by atoms with van der Waals surface area (Å²) in [5, 5.41) is 3.18. The highest BCUT2D eigenvalue weighted by Crippen LogP contribution is 2.20. The smallest absolute Gasteiger partial charge is 0.123 e. The van der Waals surface area contributed by atoms with Crippen LogP contribution in [0.25, 0.3) is 0 Å². The van der Waals surface area contributed by atoms with E-state index >= 15 is 0 Å². The molecule has 4 nitrogen and oxygen atoms in total. The number of ether oxygens (including phenoxy) is 2. The number of para-hydroxylation sites is 1. The van der Waals surface area contributed by atoms with Gasteiger partial charge in [0.15, 0.2) is 0 Å². The summed E-state index contributed by atoms with van der Waals surface area (Å²) in [6, 6.07) is 8.29. The Morgan fingerprint density at radius 3 is 3.05 bits per heavy atom. The zero-order valence-electron chi connectivity index (χ0n) is 11.9. The van der Waals surface area contributed by atoms with E-state index in [1.165, 1.54) is 5.56 Å². The molecule has 4 heteroatoms. The van der Waals surface area contributed by atoms with Gasteiger partial charge in [0, 0.05) is 31.7 Å². The molecule has 1 fully saturated rings. The summed E-state index contributed by atoms with van der Waals surface area (Å²) in [5.41, 5.74) is 1.26. The Morgan fingerprint density at radius 2 is 2.26 bits per heavy atom. The summed E-state index contributed by atoms with van der Waals surface area (Å²) in [6.07, 6.45) is 0.290. The van der Waals surface area contributed by atoms with Crippen LogP contribution < -0.4 is 10.1 Å². The summed E-state index contributed by atoms with van der Waals surface area (Å²) in [7, 11) is 1.96. The quantitative estimate of drug-likeness (QED) is 0.844. The lowest BCUT2D eigenvalue weighted by Crippen LogP contribution is -2.45. The average molecular weight is 264 g/mol. The summed E-state index contributed by atoms with van der Waals surface area (Å²) in [6.45, 7) is 7.34. The van der Waals surface area contributed by atoms with Crippen LogP contribution in [0.15, 0.2) is 24.3 Å². The van der Waals surface area contributed by atoms with Crippen molar-refractivity contribution in [2.24, 2.45) is 0 Å². The molecule has 1 aliphatic rings. The number of morpholine rings is 1. The third-order valence-electron chi connectivity index (χ3n) is 3.32. The van der Waals surface area contributed by atoms with Crippen LogP contribution in [0.4, 0.5) is 0 Å². The highest BCUT2D eigenvalue weighted by atomic mass is 16.5. The predicted octanol–water partition coefficient (Wildman–Crippen LogP) is 1.51. The Bertz CT molecular complexity index is 382. The molecular weight excluding hydrogens is 240 g/mol. The van der Waals surface area contributed by atoms with Crippen LogP contribution in [0, 0.1) is 0 Å². The van der Waals surface area contributed by atoms with Crippen LogP contribution in [0.5, 0.6) is 5.75 Å². The standard InChI is InChI=1S/C15H24N2O2/c1-3-18-15-7-5-4-6-13(15)11-17-8-9-19-14(12-17)10-16-2/h4-7,14,16H,3,8-12H2,1-2H3. The van der Waals surface area contributed by atoms with Crippen molar-refractivity contribution < 1.29 is 9.47 Å². The molecule has 0 spiro atoms. The van der Waals surface area contributed by atoms with Crippen LogP contribution in [0.3, 0.4) is 0 Å². The summed E-state index contributed by atoms with van der Waals surface area (Å²) in [5.74, 6) is 1.00. The Kier molecular flexibility index (Phi) is 5.63. The zero-order valence-corrected chi connectivity index (χ0v) is 11.9. The molecule has 2 rings (SSSR count). The van der Waals surface area contributed by atoms with Gasteiger partial charge < -0.3 is 14.8 Å². The fourth-order valence-electron chi connectivity index (χ4n) is 2.45. The van der Waals surface area contributed by atoms with Gasteiger partial charge in [0.2, 0.25) is 0 Å². The third kappa shape index (κ3) is 4.20. The van der Waals surface area contributed by atoms with Crippen molar-refractivity contribution in [1.29, 1.82) is 0 Å². The minimum atomic E-state index is 0.290. The van der Waals surface area contributed by atoms with E-state index < -0.39 is 0 Å². The Hall–Kier alpha value is -1.10. The average Bonchev–Trinajstić information content (AvgIpc) is 2.42. The number of rotatable bonds is 6. The first-order chi connectivity index (χ1) is 9.33. The minimum Gasteiger partial charge on any atom is -0.494 e. The molecular formula is C15H24N2O2. The molecule has 1 aromatic rings. The predicted molar refractivity (Wildman–Crippen MR) is 76.6 cm³/mol. The largest absolute Gasteiger partial charge is 0.494 e. The van der Waals surface area contributed by atoms with E-state index in [4.69, 9.17) is 9.47 Å². The van der Waals surface area contributed by atoms with Gasteiger partial charge in [-0.1, -0.05) is 18.2 Å². The van der Waals surface area contributed by atoms with Crippen molar-refractivity contribution >= 4 is 0 Å². The Labute approximate surface area is 115 Å². The van der Waals surface area contributed by atoms with E-state index in [0.717, 1.165) is 38.5 Å². The number of benzene rings is 1. The van der Waals surface area contributed by atoms with Gasteiger partial charge in [-0.15, -0.1) is 0 Å². The minimum absolute atomic E-state index is 0.290. The number of likely N-dealkylation sites (N-methyl/N-ethyl adjacent to an activating group) is 1. The van der Waals surface area contributed by atoms with Crippen molar-refractivity contribution in [1.82, 2.24) is 10.2 Å². The lowest BCUT2D eigenvalue weighted by Gasteiger charge is -2.33. The molecule has 0 aliphatic carbocycles. The fraction of sp³-hybridized carbons (Fsp3) is 0.600. The SMILES string of the molecule is CCOc1ccccc1CN1CCOC(CNC)C1. The van der Waals surface area contributed by atoms with E-state index in [0.29, 0.717) is 6.61 Å². The Balaban J connectivity index is 1.96. The summed E-state index contributed by atoms with van der Waals surface area (Å²) < 4.78 is 11.4. The molecule has 0 aromatic heterocycles. The first-order valence-electron chi connectivity index (χ1n) is 7.02. The van der Waals surface area contributed by atoms with Gasteiger partial charge >= 0.3 is 0 Å². The maximum Gasteiger partial charge on any atom is 0.123 e. The van der Waals surface area contributed by atoms with Gasteiger partial charge in [0.05, 0.1) is 19.3 Å². The fourth-order valence-corrected chi connectivity index (χ4v) is 2.45. The number of hydrogen-bond donors (Lipinski definition) is 1. The summed E-state index contributed by atoms with van der Waals surface area (Å²) >= 11 is 0. The maximum absolute atomic E-state index is 5.73. The molecule has 1 saturated heterocycles. The maximum atomic E-state index is 5.73. The van der Waals surface area contributed by atoms with Gasteiger partial charge in [-0.25, -0.2) is 0 Å². The second-order valence-electron chi connectivity index (χ2n) is 4.83. The molecule has 1 atom stereocenters. The Morgan fingerprint density at radius 1 is 1.42 bits per heavy atom. The second kappa shape index (κ2) is 7.48. The second-order valence-corrected chi connectivity index (χ2v) is 4.83. The monoisotopic (exact) mass is 264 g/mol. The molecule has 1 unspecified atom stereocenters. The van der Waals surface area contributed by atoms with Crippen LogP contribution >= 0.6 is 0 Å². The van der Waals surface area contributed by atoms with E-state index in [2.05, 4.69) is 22.3 Å². The molecule has 0 radical (unpaired) electrons. The molecule has 1 heterocycles. The third-order valence-corrected chi connectivity index (χ3v) is 3.32. The van der Waals surface area contributed by atoms with Crippen LogP contribution in [-0.4, -0.2) is 50.9 Å². The lowest BCUT2D eigenvalue weighted by molar-refractivity contribution is -0.0293. The highest BCUT2D eigenvalue weighted by Gasteiger charge is 2.20. The van der Waals surface area contributed by atoms with Gasteiger partial charge in [-0.2, -0.15) is 0 Å². The summed E-state index contributed by atoms with van der Waals surface area (Å²) in [4.78, 5) is 2.43. The molecule has 106 valence electrons. The van der Waals surface area contributed by atoms with Gasteiger partial charge in [0.25, 0.3) is 0 Å². The normalized spacial score (nSPS) is 20.4. The number of nitrogens with zero attached hydrogens (tertiary/aromatic N) is 1. The van der Waals surface area contributed by atoms with Gasteiger partial charge in [-0.3, -0.25) is 4.90 Å². The van der Waals surface area contributed by atoms with E-state index in [-0.39, 0.29) is 6.10 Å². The van der Waals surface area contributed by atoms with Crippen LogP contribution in [-0.2, 0) is 11.3 Å². The number of hydrogen-bond acceptors (Lipinski definition) is 4. The van der Waals surface area contributed by atoms with E-state index in [9.17, 15) is 0 Å². The lowest BCUT2D eigenvalue weighted by atomic mass is 10.1. The van der Waals surface area contributed by atoms with Crippen LogP contribution in [0.2, 0.25) is 0 Å². The molecule has 0 amide bonds. The topological polar surface area (TPSA) is 33.7 Å². The molecule has 1 N–H and O–H groups in total. The molecule has 0 saturated carbocycles. The van der Waals surface area contributed by atoms with Crippen molar-refractivity contribution in [3.05, 3.63) is 29.8 Å². The zero-order chi connectivity index (χ0) is 13.5.